The zero-order valence-electron chi connectivity index (χ0n) is 82.2. The van der Waals surface area contributed by atoms with E-state index in [4.69, 9.17) is 35.0 Å². The Bertz CT molecular complexity index is 8770. The Hall–Kier alpha value is -15.8. The molecule has 622 valence electrons. The number of furan rings is 4. The summed E-state index contributed by atoms with van der Waals surface area (Å²) < 4.78 is 106. The molecule has 10 aromatic heterocycles. The predicted molar refractivity (Wildman–Crippen MR) is 531 cm³/mol. The zero-order valence-corrected chi connectivity index (χ0v) is 73.2. The molecule has 0 aliphatic rings. The maximum absolute atomic E-state index is 8.15. The molecule has 10 nitrogen and oxygen atoms in total. The van der Waals surface area contributed by atoms with Crippen LogP contribution >= 0.6 is 0 Å². The average Bonchev–Trinajstić information content (AvgIpc) is 1.57. The lowest BCUT2D eigenvalue weighted by Gasteiger charge is -2.10. The van der Waals surface area contributed by atoms with Crippen LogP contribution in [0.3, 0.4) is 0 Å². The summed E-state index contributed by atoms with van der Waals surface area (Å²) >= 11 is 0. The lowest BCUT2D eigenvalue weighted by Crippen LogP contribution is -2.31. The van der Waals surface area contributed by atoms with Gasteiger partial charge in [-0.2, -0.15) is 0 Å². The number of nitrogens with zero attached hydrogens (tertiary/aromatic N) is 6. The normalized spacial score (nSPS) is 12.9. The summed E-state index contributed by atoms with van der Waals surface area (Å²) in [5.74, 6) is 0. The van der Waals surface area contributed by atoms with Crippen LogP contribution in [0.2, 0.25) is 0 Å². The Balaban J connectivity index is 0.000000110. The molecule has 0 N–H and O–H groups in total. The minimum Gasteiger partial charge on any atom is -0.456 e. The fraction of sp³-hybridized carbons (Fsp3) is 0.109. The van der Waals surface area contributed by atoms with Crippen molar-refractivity contribution >= 4 is 131 Å². The third kappa shape index (κ3) is 14.4. The predicted octanol–water partition coefficient (Wildman–Crippen LogP) is 29.2. The van der Waals surface area contributed by atoms with Gasteiger partial charge in [-0.05, 0) is 222 Å². The topological polar surface area (TPSA) is 93.9 Å². The second-order valence-corrected chi connectivity index (χ2v) is 34.0. The molecule has 0 bridgehead atoms. The van der Waals surface area contributed by atoms with E-state index < -0.39 is 20.6 Å². The van der Waals surface area contributed by atoms with Crippen LogP contribution in [0.25, 0.3) is 221 Å². The smallest absolute Gasteiger partial charge is 0.228 e. The molecule has 10 heterocycles. The first-order chi connectivity index (χ1) is 66.4. The summed E-state index contributed by atoms with van der Waals surface area (Å²) in [6.07, 6.45) is 9.29. The largest absolute Gasteiger partial charge is 0.456 e. The number of fused-ring (bicyclic) bond motifs is 20. The van der Waals surface area contributed by atoms with Crippen LogP contribution in [-0.2, 0) is 28.2 Å². The van der Waals surface area contributed by atoms with Crippen LogP contribution in [0, 0.1) is 62.1 Å². The quantitative estimate of drug-likeness (QED) is 0.141. The molecule has 0 radical (unpaired) electrons. The maximum atomic E-state index is 8.15. The fourth-order valence-corrected chi connectivity index (χ4v) is 19.1. The Labute approximate surface area is 761 Å². The van der Waals surface area contributed by atoms with Gasteiger partial charge in [0.25, 0.3) is 0 Å². The Morgan fingerprint density at radius 3 is 0.907 bits per heavy atom. The summed E-state index contributed by atoms with van der Waals surface area (Å²) in [4.78, 5) is 9.30. The monoisotopic (exact) mass is 1680 g/mol. The Morgan fingerprint density at radius 1 is 0.233 bits per heavy atom. The SMILES string of the molecule is Cc1c[n+](C)c(-c2cc3c(cc2C)oc2ccc4ccccc4c23)cc1-c1ccccc1.[2H]C([2H])([2H])c1c[n+](C)c(-c2cc3c(cc2C)oc2ccc4ccccc4c23)cc1-c1ccccc1.[2H]C([2H])([2H])c1c[n+](C)c(-c2cc3c(cc2C)oc2nc(C)c4ccccc4c23)cc1-c1ccccc1.[2H]C([2H])([2H])c1c[n+](C)c(-c2cc3c(cc2C)oc2ncc4ccccc4c23)cc1-c1ccccc1. The fourth-order valence-electron chi connectivity index (χ4n) is 19.1. The molecule has 0 aliphatic carbocycles. The summed E-state index contributed by atoms with van der Waals surface area (Å²) in [6.45, 7) is 5.84. The van der Waals surface area contributed by atoms with Crippen molar-refractivity contribution in [1.82, 2.24) is 9.97 Å². The molecule has 24 rings (SSSR count). The van der Waals surface area contributed by atoms with Gasteiger partial charge in [0.2, 0.25) is 34.2 Å². The first-order valence-electron chi connectivity index (χ1n) is 47.9. The summed E-state index contributed by atoms with van der Waals surface area (Å²) in [5.41, 5.74) is 29.6. The third-order valence-electron chi connectivity index (χ3n) is 25.6. The van der Waals surface area contributed by atoms with Gasteiger partial charge in [0.15, 0.2) is 24.8 Å². The molecule has 24 aromatic rings. The van der Waals surface area contributed by atoms with Gasteiger partial charge in [-0.1, -0.05) is 231 Å². The molecule has 0 amide bonds. The van der Waals surface area contributed by atoms with E-state index in [1.54, 1.807) is 18.6 Å². The van der Waals surface area contributed by atoms with Crippen LogP contribution in [0.1, 0.15) is 62.5 Å². The van der Waals surface area contributed by atoms with Crippen LogP contribution in [-0.4, -0.2) is 9.97 Å². The van der Waals surface area contributed by atoms with Crippen molar-refractivity contribution < 1.29 is 48.3 Å². The summed E-state index contributed by atoms with van der Waals surface area (Å²) in [7, 11) is 7.83. The number of rotatable bonds is 8. The molecule has 10 heteroatoms. The second kappa shape index (κ2) is 32.6. The van der Waals surface area contributed by atoms with Gasteiger partial charge >= 0.3 is 0 Å². The summed E-state index contributed by atoms with van der Waals surface area (Å²) in [5, 5.41) is 17.7. The molecule has 0 fully saturated rings. The van der Waals surface area contributed by atoms with E-state index in [2.05, 4.69) is 214 Å². The molecule has 0 saturated carbocycles. The molecule has 0 aliphatic heterocycles. The van der Waals surface area contributed by atoms with Gasteiger partial charge in [0.05, 0.1) is 10.8 Å². The number of hydrogen-bond acceptors (Lipinski definition) is 6. The Morgan fingerprint density at radius 2 is 0.527 bits per heavy atom. The van der Waals surface area contributed by atoms with Crippen molar-refractivity contribution in [2.75, 3.05) is 0 Å². The van der Waals surface area contributed by atoms with Crippen molar-refractivity contribution in [1.29, 1.82) is 0 Å². The highest BCUT2D eigenvalue weighted by molar-refractivity contribution is 6.23. The highest BCUT2D eigenvalue weighted by Crippen LogP contribution is 2.45. The van der Waals surface area contributed by atoms with Crippen molar-refractivity contribution in [2.45, 2.75) is 62.1 Å². The lowest BCUT2D eigenvalue weighted by atomic mass is 9.95. The van der Waals surface area contributed by atoms with E-state index in [-0.39, 0.29) is 0 Å². The van der Waals surface area contributed by atoms with Gasteiger partial charge in [0, 0.05) is 136 Å². The van der Waals surface area contributed by atoms with Gasteiger partial charge in [-0.25, -0.2) is 28.2 Å². The number of aromatic nitrogens is 6. The molecule has 0 atom stereocenters. The van der Waals surface area contributed by atoms with Crippen LogP contribution < -0.4 is 18.3 Å². The minimum absolute atomic E-state index is 0.331. The van der Waals surface area contributed by atoms with E-state index in [1.807, 2.05) is 207 Å². The maximum Gasteiger partial charge on any atom is 0.228 e. The highest BCUT2D eigenvalue weighted by atomic mass is 16.3. The van der Waals surface area contributed by atoms with E-state index >= 15 is 0 Å². The van der Waals surface area contributed by atoms with Crippen molar-refractivity contribution in [3.63, 3.8) is 0 Å². The number of benzene rings is 14. The van der Waals surface area contributed by atoms with E-state index in [9.17, 15) is 0 Å². The molecule has 0 spiro atoms. The highest BCUT2D eigenvalue weighted by Gasteiger charge is 2.27. The average molecular weight is 1680 g/mol. The first-order valence-corrected chi connectivity index (χ1v) is 43.4. The van der Waals surface area contributed by atoms with Crippen molar-refractivity contribution in [3.05, 3.63) is 397 Å². The molecule has 0 saturated heterocycles. The van der Waals surface area contributed by atoms with E-state index in [0.717, 1.165) is 171 Å². The van der Waals surface area contributed by atoms with Gasteiger partial charge in [0.1, 0.15) is 61.7 Å². The van der Waals surface area contributed by atoms with Crippen molar-refractivity contribution in [2.24, 2.45) is 28.2 Å². The molecule has 129 heavy (non-hydrogen) atoms. The molecule has 0 unspecified atom stereocenters. The first kappa shape index (κ1) is 70.5. The minimum atomic E-state index is -2.23. The van der Waals surface area contributed by atoms with E-state index in [1.165, 1.54) is 60.4 Å². The number of pyridine rings is 6. The van der Waals surface area contributed by atoms with Crippen LogP contribution in [0.4, 0.5) is 0 Å². The summed E-state index contributed by atoms with van der Waals surface area (Å²) in [6, 6.07) is 107. The Kier molecular flexibility index (Phi) is 17.8. The van der Waals surface area contributed by atoms with Crippen LogP contribution in [0.15, 0.2) is 364 Å². The molecular formula is C119H96N6O4+4. The number of aryl methyl sites for hydroxylation is 13. The third-order valence-corrected chi connectivity index (χ3v) is 25.6. The standard InChI is InChI=1S/C30H25N2O.2C30H24NO.C29H23N2O/c1-18-14-28-26(29-23-13-9-8-12-22(23)20(3)31-30(29)33-28)15-25(18)27-16-24(19(2)17-32(27)4)21-10-6-5-7-11-21;2*1-19-15-29-26(30-23-12-8-7-11-22(23)13-14-28(30)32-29)16-25(19)27-17-24(20(2)18-31(27)3)21-9-5-4-6-10-21;1-18-13-27-25(28-22-12-8-7-11-21(22)16-30-29(28)32-27)14-24(18)26-15-23(19(2)17-31(26)3)20-9-5-4-6-10-20/h5-17H,1-4H3;2*4-18H,1-3H3;4-17H,1-3H3/q4*+1/i2*2D3;;2D3. The molecule has 14 aromatic carbocycles. The van der Waals surface area contributed by atoms with E-state index in [0.29, 0.717) is 39.2 Å². The van der Waals surface area contributed by atoms with Crippen molar-refractivity contribution in [3.8, 4) is 89.5 Å². The molecular weight excluding hydrogens is 1580 g/mol. The number of hydrogen-bond donors (Lipinski definition) is 0. The van der Waals surface area contributed by atoms with Gasteiger partial charge in [-0.15, -0.1) is 0 Å². The van der Waals surface area contributed by atoms with Gasteiger partial charge in [-0.3, -0.25) is 0 Å². The van der Waals surface area contributed by atoms with Gasteiger partial charge < -0.3 is 17.7 Å². The van der Waals surface area contributed by atoms with Crippen LogP contribution in [0.5, 0.6) is 0 Å². The zero-order chi connectivity index (χ0) is 95.6. The lowest BCUT2D eigenvalue weighted by molar-refractivity contribution is -0.660. The second-order valence-electron chi connectivity index (χ2n) is 34.0.